The van der Waals surface area contributed by atoms with Gasteiger partial charge in [0.2, 0.25) is 5.91 Å². The standard InChI is InChI=1S/C27H29N3O4S/c1-17(2)15-28-26(32)23-24(34-27(33)30(23)16-19-11-9-18(3)10-12-19)20-6-4-7-21(14-20)29-25(31)22-8-5-13-35-22/h4-14,17,23-24H,15-16H2,1-3H3,(H,28,32)(H,29,31)/t23-,24-/m1/s1. The van der Waals surface area contributed by atoms with E-state index in [-0.39, 0.29) is 24.3 Å². The molecule has 0 radical (unpaired) electrons. The molecule has 35 heavy (non-hydrogen) atoms. The molecule has 1 aliphatic rings. The van der Waals surface area contributed by atoms with Gasteiger partial charge in [-0.3, -0.25) is 14.5 Å². The molecule has 1 aliphatic heterocycles. The number of nitrogens with zero attached hydrogens (tertiary/aromatic N) is 1. The third-order valence-corrected chi connectivity index (χ3v) is 6.60. The zero-order valence-corrected chi connectivity index (χ0v) is 20.8. The molecule has 3 aromatic rings. The van der Waals surface area contributed by atoms with E-state index in [0.717, 1.165) is 11.1 Å². The van der Waals surface area contributed by atoms with Crippen LogP contribution in [-0.2, 0) is 16.1 Å². The summed E-state index contributed by atoms with van der Waals surface area (Å²) in [4.78, 5) is 40.8. The van der Waals surface area contributed by atoms with E-state index in [4.69, 9.17) is 4.74 Å². The van der Waals surface area contributed by atoms with Crippen LogP contribution in [0.5, 0.6) is 0 Å². The molecule has 2 heterocycles. The first kappa shape index (κ1) is 24.5. The molecule has 3 amide bonds. The van der Waals surface area contributed by atoms with Crippen LogP contribution in [0.25, 0.3) is 0 Å². The highest BCUT2D eigenvalue weighted by Crippen LogP contribution is 2.35. The molecule has 2 N–H and O–H groups in total. The lowest BCUT2D eigenvalue weighted by Gasteiger charge is -2.25. The Morgan fingerprint density at radius 1 is 1.09 bits per heavy atom. The number of ether oxygens (including phenoxy) is 1. The lowest BCUT2D eigenvalue weighted by Crippen LogP contribution is -2.47. The Balaban J connectivity index is 1.60. The number of benzene rings is 2. The molecule has 1 aromatic heterocycles. The quantitative estimate of drug-likeness (QED) is 0.457. The number of carbonyl (C=O) groups is 3. The summed E-state index contributed by atoms with van der Waals surface area (Å²) in [6.45, 7) is 6.77. The summed E-state index contributed by atoms with van der Waals surface area (Å²) in [7, 11) is 0. The zero-order chi connectivity index (χ0) is 24.9. The zero-order valence-electron chi connectivity index (χ0n) is 20.0. The van der Waals surface area contributed by atoms with Crippen LogP contribution in [-0.4, -0.2) is 35.4 Å². The van der Waals surface area contributed by atoms with Crippen molar-refractivity contribution in [2.45, 2.75) is 39.5 Å². The van der Waals surface area contributed by atoms with Crippen LogP contribution in [0.15, 0.2) is 66.0 Å². The number of anilines is 1. The van der Waals surface area contributed by atoms with Crippen molar-refractivity contribution in [3.63, 3.8) is 0 Å². The molecular formula is C27H29N3O4S. The van der Waals surface area contributed by atoms with E-state index in [0.29, 0.717) is 22.7 Å². The van der Waals surface area contributed by atoms with Gasteiger partial charge in [-0.25, -0.2) is 4.79 Å². The van der Waals surface area contributed by atoms with Crippen LogP contribution in [0.4, 0.5) is 10.5 Å². The van der Waals surface area contributed by atoms with Crippen molar-refractivity contribution < 1.29 is 19.1 Å². The minimum Gasteiger partial charge on any atom is -0.438 e. The molecule has 2 aromatic carbocycles. The van der Waals surface area contributed by atoms with Crippen LogP contribution in [0, 0.1) is 12.8 Å². The monoisotopic (exact) mass is 491 g/mol. The van der Waals surface area contributed by atoms with E-state index in [1.807, 2.05) is 56.5 Å². The average Bonchev–Trinajstić information content (AvgIpc) is 3.48. The third-order valence-electron chi connectivity index (χ3n) is 5.73. The molecule has 0 spiro atoms. The Kier molecular flexibility index (Phi) is 7.51. The van der Waals surface area contributed by atoms with Crippen LogP contribution < -0.4 is 10.6 Å². The second kappa shape index (κ2) is 10.7. The number of hydrogen-bond acceptors (Lipinski definition) is 5. The molecule has 4 rings (SSSR count). The fourth-order valence-electron chi connectivity index (χ4n) is 3.90. The van der Waals surface area contributed by atoms with Gasteiger partial charge in [0.25, 0.3) is 5.91 Å². The van der Waals surface area contributed by atoms with E-state index in [1.54, 1.807) is 30.3 Å². The van der Waals surface area contributed by atoms with Gasteiger partial charge in [-0.2, -0.15) is 0 Å². The first-order valence-corrected chi connectivity index (χ1v) is 12.4. The predicted octanol–water partition coefficient (Wildman–Crippen LogP) is 5.14. The average molecular weight is 492 g/mol. The van der Waals surface area contributed by atoms with E-state index < -0.39 is 18.2 Å². The topological polar surface area (TPSA) is 87.7 Å². The summed E-state index contributed by atoms with van der Waals surface area (Å²) in [6.07, 6.45) is -1.35. The van der Waals surface area contributed by atoms with Gasteiger partial charge in [0, 0.05) is 12.2 Å². The molecule has 1 saturated heterocycles. The van der Waals surface area contributed by atoms with Crippen LogP contribution in [0.1, 0.15) is 46.3 Å². The Morgan fingerprint density at radius 3 is 2.54 bits per heavy atom. The predicted molar refractivity (Wildman–Crippen MR) is 136 cm³/mol. The highest BCUT2D eigenvalue weighted by atomic mass is 32.1. The maximum atomic E-state index is 13.3. The van der Waals surface area contributed by atoms with E-state index in [9.17, 15) is 14.4 Å². The van der Waals surface area contributed by atoms with Crippen molar-refractivity contribution in [1.29, 1.82) is 0 Å². The van der Waals surface area contributed by atoms with Gasteiger partial charge in [0.1, 0.15) is 0 Å². The minimum atomic E-state index is -0.842. The summed E-state index contributed by atoms with van der Waals surface area (Å²) >= 11 is 1.35. The fraction of sp³-hybridized carbons (Fsp3) is 0.296. The highest BCUT2D eigenvalue weighted by Gasteiger charge is 2.47. The molecule has 8 heteroatoms. The maximum absolute atomic E-state index is 13.3. The van der Waals surface area contributed by atoms with Crippen LogP contribution in [0.2, 0.25) is 0 Å². The lowest BCUT2D eigenvalue weighted by atomic mass is 9.99. The second-order valence-corrected chi connectivity index (χ2v) is 10.0. The minimum absolute atomic E-state index is 0.215. The molecule has 2 atom stereocenters. The third kappa shape index (κ3) is 5.89. The van der Waals surface area contributed by atoms with Gasteiger partial charge < -0.3 is 15.4 Å². The van der Waals surface area contributed by atoms with E-state index in [2.05, 4.69) is 10.6 Å². The normalized spacial score (nSPS) is 17.4. The van der Waals surface area contributed by atoms with Crippen molar-refractivity contribution in [3.05, 3.63) is 87.6 Å². The van der Waals surface area contributed by atoms with Crippen molar-refractivity contribution in [2.75, 3.05) is 11.9 Å². The van der Waals surface area contributed by atoms with Crippen molar-refractivity contribution in [2.24, 2.45) is 5.92 Å². The van der Waals surface area contributed by atoms with Crippen molar-refractivity contribution in [1.82, 2.24) is 10.2 Å². The Morgan fingerprint density at radius 2 is 1.86 bits per heavy atom. The highest BCUT2D eigenvalue weighted by molar-refractivity contribution is 7.12. The van der Waals surface area contributed by atoms with Gasteiger partial charge in [-0.15, -0.1) is 11.3 Å². The smallest absolute Gasteiger partial charge is 0.411 e. The largest absolute Gasteiger partial charge is 0.438 e. The van der Waals surface area contributed by atoms with Crippen LogP contribution >= 0.6 is 11.3 Å². The molecule has 0 aliphatic carbocycles. The first-order chi connectivity index (χ1) is 16.8. The van der Waals surface area contributed by atoms with Gasteiger partial charge >= 0.3 is 6.09 Å². The SMILES string of the molecule is Cc1ccc(CN2C(=O)O[C@H](c3cccc(NC(=O)c4cccs4)c3)[C@@H]2C(=O)NCC(C)C)cc1. The molecule has 0 bridgehead atoms. The molecule has 7 nitrogen and oxygen atoms in total. The van der Waals surface area contributed by atoms with Gasteiger partial charge in [0.05, 0.1) is 11.4 Å². The van der Waals surface area contributed by atoms with Crippen molar-refractivity contribution in [3.8, 4) is 0 Å². The van der Waals surface area contributed by atoms with Gasteiger partial charge in [0.15, 0.2) is 12.1 Å². The van der Waals surface area contributed by atoms with Gasteiger partial charge in [-0.1, -0.05) is 61.9 Å². The number of amides is 3. The number of cyclic esters (lactones) is 1. The summed E-state index contributed by atoms with van der Waals surface area (Å²) in [6, 6.07) is 17.7. The summed E-state index contributed by atoms with van der Waals surface area (Å²) in [5, 5.41) is 7.67. The molecule has 0 unspecified atom stereocenters. The molecule has 1 fully saturated rings. The summed E-state index contributed by atoms with van der Waals surface area (Å²) in [5.41, 5.74) is 3.23. The van der Waals surface area contributed by atoms with Crippen molar-refractivity contribution >= 4 is 34.9 Å². The van der Waals surface area contributed by atoms with E-state index in [1.165, 1.54) is 16.2 Å². The number of thiophene rings is 1. The Bertz CT molecular complexity index is 1190. The molecule has 0 saturated carbocycles. The summed E-state index contributed by atoms with van der Waals surface area (Å²) in [5.74, 6) is -0.223. The number of aryl methyl sites for hydroxylation is 1. The Hall–Kier alpha value is -3.65. The number of nitrogens with one attached hydrogen (secondary N) is 2. The van der Waals surface area contributed by atoms with E-state index >= 15 is 0 Å². The fourth-order valence-corrected chi connectivity index (χ4v) is 4.52. The number of carbonyl (C=O) groups excluding carboxylic acids is 3. The maximum Gasteiger partial charge on any atom is 0.411 e. The van der Waals surface area contributed by atoms with Gasteiger partial charge in [-0.05, 0) is 47.5 Å². The first-order valence-electron chi connectivity index (χ1n) is 11.6. The molecule has 182 valence electrons. The molecular weight excluding hydrogens is 462 g/mol. The second-order valence-electron chi connectivity index (χ2n) is 9.06. The lowest BCUT2D eigenvalue weighted by molar-refractivity contribution is -0.126. The number of rotatable bonds is 8. The summed E-state index contributed by atoms with van der Waals surface area (Å²) < 4.78 is 5.74. The van der Waals surface area contributed by atoms with Crippen LogP contribution in [0.3, 0.4) is 0 Å². The number of hydrogen-bond donors (Lipinski definition) is 2. The Labute approximate surface area is 209 Å².